The van der Waals surface area contributed by atoms with Gasteiger partial charge in [0.05, 0.1) is 41.3 Å². The summed E-state index contributed by atoms with van der Waals surface area (Å²) in [6.45, 7) is 9.85. The average Bonchev–Trinajstić information content (AvgIpc) is 3.88. The highest BCUT2D eigenvalue weighted by Crippen LogP contribution is 2.47. The molecule has 6 aliphatic rings. The molecule has 0 aromatic heterocycles. The predicted octanol–water partition coefficient (Wildman–Crippen LogP) is 6.93. The van der Waals surface area contributed by atoms with Crippen LogP contribution >= 0.6 is 0 Å². The van der Waals surface area contributed by atoms with Gasteiger partial charge in [-0.2, -0.15) is 21.0 Å². The van der Waals surface area contributed by atoms with Crippen molar-refractivity contribution in [3.05, 3.63) is 114 Å². The maximum Gasteiger partial charge on any atom is 0.305 e. The summed E-state index contributed by atoms with van der Waals surface area (Å²) in [7, 11) is 1.37. The van der Waals surface area contributed by atoms with E-state index in [1.54, 1.807) is 6.08 Å². The van der Waals surface area contributed by atoms with E-state index in [-0.39, 0.29) is 53.1 Å². The zero-order valence-corrected chi connectivity index (χ0v) is 29.2. The van der Waals surface area contributed by atoms with Gasteiger partial charge in [-0.3, -0.25) is 4.79 Å². The van der Waals surface area contributed by atoms with Crippen molar-refractivity contribution in [2.24, 2.45) is 26.8 Å². The zero-order chi connectivity index (χ0) is 36.7. The van der Waals surface area contributed by atoms with E-state index in [1.165, 1.54) is 13.2 Å². The monoisotopic (exact) mass is 674 g/mol. The van der Waals surface area contributed by atoms with Crippen molar-refractivity contribution in [2.45, 2.75) is 60.3 Å². The van der Waals surface area contributed by atoms with Crippen LogP contribution in [0.4, 0.5) is 0 Å². The summed E-state index contributed by atoms with van der Waals surface area (Å²) in [6, 6.07) is 7.55. The van der Waals surface area contributed by atoms with E-state index >= 15 is 0 Å². The summed E-state index contributed by atoms with van der Waals surface area (Å²) in [5, 5.41) is 54.2. The van der Waals surface area contributed by atoms with E-state index in [1.807, 2.05) is 64.1 Å². The lowest BCUT2D eigenvalue weighted by Crippen LogP contribution is -2.16. The number of carbonyl (C=O) groups excluding carboxylic acids is 1. The van der Waals surface area contributed by atoms with Crippen LogP contribution in [-0.2, 0) is 9.53 Å². The van der Waals surface area contributed by atoms with Crippen LogP contribution in [0.5, 0.6) is 0 Å². The number of allylic oxidation sites excluding steroid dienone is 15. The summed E-state index contributed by atoms with van der Waals surface area (Å²) in [4.78, 5) is 27.5. The van der Waals surface area contributed by atoms with Gasteiger partial charge in [0, 0.05) is 58.4 Å². The fraction of sp³-hybridized carbons (Fsp3) is 0.300. The molecule has 6 rings (SSSR count). The molecule has 0 aromatic carbocycles. The van der Waals surface area contributed by atoms with Gasteiger partial charge in [0.15, 0.2) is 0 Å². The van der Waals surface area contributed by atoms with Crippen molar-refractivity contribution in [1.29, 1.82) is 21.0 Å². The third-order valence-electron chi connectivity index (χ3n) is 10.2. The largest absolute Gasteiger partial charge is 0.511 e. The highest BCUT2D eigenvalue weighted by Gasteiger charge is 2.41. The van der Waals surface area contributed by atoms with Crippen LogP contribution in [0.2, 0.25) is 0 Å². The van der Waals surface area contributed by atoms with Crippen molar-refractivity contribution in [3.8, 4) is 24.3 Å². The number of carbonyl (C=O) groups is 1. The Labute approximate surface area is 296 Å². The second-order valence-electron chi connectivity index (χ2n) is 12.9. The van der Waals surface area contributed by atoms with E-state index in [0.29, 0.717) is 52.5 Å². The molecule has 11 nitrogen and oxygen atoms in total. The summed E-state index contributed by atoms with van der Waals surface area (Å²) < 4.78 is 4.98. The standard InChI is InChI=1S/C40H34N8O3/c1-7-25-19(2)29-14-34-37(27(24(17-43)18-44)10-23(15-41)16-42)21(4)31(46-34)12-30-20(3)26(8-9-36(50)51-6)39(47-30)28-11-35(49)38-22(5)32(48-40(28)38)13-33(25)45-29/h10,12-14,20,26,47,49H,7-9,11H2,1-6H3/t20-,26-/m0/s1. The second-order valence-corrected chi connectivity index (χ2v) is 12.9. The number of rotatable bonds is 6. The molecular weight excluding hydrogens is 640 g/mol. The fourth-order valence-electron chi connectivity index (χ4n) is 7.47. The van der Waals surface area contributed by atoms with Crippen molar-refractivity contribution in [1.82, 2.24) is 5.32 Å². The molecule has 0 radical (unpaired) electrons. The number of aliphatic hydroxyl groups excluding tert-OH is 1. The third-order valence-corrected chi connectivity index (χ3v) is 10.2. The SMILES string of the molecule is CCC1=C(C)C2=NC1=CC1=C(C)C3=C(O)CC(=C4NC(=CC5=NC(=C2)C(C(C=C(C#N)C#N)=C(C#N)C#N)=C5C)[C@@H](C)[C@@H]4CCC(=O)OC)C3=N1. The minimum absolute atomic E-state index is 0.114. The van der Waals surface area contributed by atoms with Crippen LogP contribution in [0.3, 0.4) is 0 Å². The molecule has 2 N–H and O–H groups in total. The van der Waals surface area contributed by atoms with Crippen LogP contribution < -0.4 is 5.32 Å². The lowest BCUT2D eigenvalue weighted by Gasteiger charge is -2.17. The van der Waals surface area contributed by atoms with Gasteiger partial charge in [0.25, 0.3) is 0 Å². The first-order valence-electron chi connectivity index (χ1n) is 16.6. The van der Waals surface area contributed by atoms with Crippen molar-refractivity contribution in [2.75, 3.05) is 7.11 Å². The quantitative estimate of drug-likeness (QED) is 0.172. The van der Waals surface area contributed by atoms with Gasteiger partial charge in [0.2, 0.25) is 0 Å². The number of nitriles is 4. The van der Waals surface area contributed by atoms with Crippen LogP contribution in [0.1, 0.15) is 60.3 Å². The summed E-state index contributed by atoms with van der Waals surface area (Å²) in [6.07, 6.45) is 8.56. The lowest BCUT2D eigenvalue weighted by atomic mass is 9.86. The number of fused-ring (bicyclic) bond motifs is 5. The molecule has 1 fully saturated rings. The molecule has 5 aliphatic heterocycles. The number of ether oxygens (including phenoxy) is 1. The Kier molecular flexibility index (Phi) is 9.01. The lowest BCUT2D eigenvalue weighted by molar-refractivity contribution is -0.140. The third kappa shape index (κ3) is 5.70. The molecule has 0 aromatic rings. The molecule has 0 unspecified atom stereocenters. The van der Waals surface area contributed by atoms with Gasteiger partial charge >= 0.3 is 5.97 Å². The summed E-state index contributed by atoms with van der Waals surface area (Å²) >= 11 is 0. The van der Waals surface area contributed by atoms with E-state index < -0.39 is 0 Å². The Bertz CT molecular complexity index is 2300. The maximum absolute atomic E-state index is 12.3. The second kappa shape index (κ2) is 13.4. The van der Waals surface area contributed by atoms with Crippen LogP contribution in [0, 0.1) is 57.2 Å². The average molecular weight is 675 g/mol. The molecule has 5 heterocycles. The molecule has 11 heteroatoms. The molecule has 1 saturated heterocycles. The minimum Gasteiger partial charge on any atom is -0.511 e. The Hall–Kier alpha value is -6.56. The molecule has 51 heavy (non-hydrogen) atoms. The van der Waals surface area contributed by atoms with Crippen molar-refractivity contribution < 1.29 is 14.6 Å². The van der Waals surface area contributed by atoms with Crippen molar-refractivity contribution >= 4 is 23.1 Å². The van der Waals surface area contributed by atoms with Crippen LogP contribution in [0.15, 0.2) is 129 Å². The van der Waals surface area contributed by atoms with Gasteiger partial charge in [-0.25, -0.2) is 15.0 Å². The van der Waals surface area contributed by atoms with E-state index in [9.17, 15) is 30.9 Å². The van der Waals surface area contributed by atoms with Gasteiger partial charge in [-0.05, 0) is 80.2 Å². The first-order chi connectivity index (χ1) is 24.5. The number of hydrogen-bond donors (Lipinski definition) is 2. The molecular formula is C40H34N8O3. The number of esters is 1. The van der Waals surface area contributed by atoms with Gasteiger partial charge in [-0.1, -0.05) is 13.8 Å². The Morgan fingerprint density at radius 1 is 0.980 bits per heavy atom. The molecule has 0 saturated carbocycles. The molecule has 1 aliphatic carbocycles. The summed E-state index contributed by atoms with van der Waals surface area (Å²) in [5.41, 5.74) is 10.4. The number of nitrogens with one attached hydrogen (secondary N) is 1. The minimum atomic E-state index is -0.322. The number of methoxy groups -OCH3 is 1. The van der Waals surface area contributed by atoms with Crippen molar-refractivity contribution in [3.63, 3.8) is 0 Å². The Morgan fingerprint density at radius 2 is 1.67 bits per heavy atom. The number of aliphatic imine (C=N–C) groups is 3. The highest BCUT2D eigenvalue weighted by atomic mass is 16.5. The van der Waals surface area contributed by atoms with Crippen LogP contribution in [-0.4, -0.2) is 35.3 Å². The highest BCUT2D eigenvalue weighted by molar-refractivity contribution is 6.21. The predicted molar refractivity (Wildman–Crippen MR) is 191 cm³/mol. The molecule has 0 amide bonds. The summed E-state index contributed by atoms with van der Waals surface area (Å²) in [5.74, 6) is -0.344. The number of nitrogens with zero attached hydrogens (tertiary/aromatic N) is 7. The van der Waals surface area contributed by atoms with Crippen LogP contribution in [0.25, 0.3) is 0 Å². The van der Waals surface area contributed by atoms with Gasteiger partial charge in [-0.15, -0.1) is 0 Å². The number of hydrogen-bond acceptors (Lipinski definition) is 11. The topological polar surface area (TPSA) is 191 Å². The normalized spacial score (nSPS) is 21.5. The smallest absolute Gasteiger partial charge is 0.305 e. The molecule has 2 atom stereocenters. The maximum atomic E-state index is 12.3. The first kappa shape index (κ1) is 34.3. The molecule has 0 spiro atoms. The molecule has 252 valence electrons. The first-order valence-corrected chi connectivity index (χ1v) is 16.6. The molecule has 8 bridgehead atoms. The van der Waals surface area contributed by atoms with E-state index in [0.717, 1.165) is 45.0 Å². The number of aliphatic hydroxyl groups is 1. The zero-order valence-electron chi connectivity index (χ0n) is 29.2. The fourth-order valence-corrected chi connectivity index (χ4v) is 7.47. The van der Waals surface area contributed by atoms with E-state index in [2.05, 4.69) is 12.2 Å². The Morgan fingerprint density at radius 3 is 2.31 bits per heavy atom. The van der Waals surface area contributed by atoms with Gasteiger partial charge in [0.1, 0.15) is 41.2 Å². The van der Waals surface area contributed by atoms with E-state index in [4.69, 9.17) is 19.7 Å². The van der Waals surface area contributed by atoms with Gasteiger partial charge < -0.3 is 15.2 Å². The Balaban J connectivity index is 1.67.